The average molecular weight is 302 g/mol. The lowest BCUT2D eigenvalue weighted by molar-refractivity contribution is -0.0431. The van der Waals surface area contributed by atoms with Gasteiger partial charge in [-0.05, 0) is 24.5 Å². The van der Waals surface area contributed by atoms with Crippen molar-refractivity contribution in [3.05, 3.63) is 35.9 Å². The molecular formula is C14H22O3S2. The van der Waals surface area contributed by atoms with Crippen molar-refractivity contribution in [3.8, 4) is 0 Å². The first-order chi connectivity index (χ1) is 9.17. The second kappa shape index (κ2) is 9.66. The molecule has 19 heavy (non-hydrogen) atoms. The van der Waals surface area contributed by atoms with E-state index in [1.807, 2.05) is 42.8 Å². The lowest BCUT2D eigenvalue weighted by Gasteiger charge is -2.21. The van der Waals surface area contributed by atoms with E-state index < -0.39 is 12.2 Å². The Hall–Kier alpha value is -0.200. The number of ether oxygens (including phenoxy) is 1. The SMILES string of the molecule is CSC(C[C@H](O)[C@H](O)COCc1ccccc1)SC. The van der Waals surface area contributed by atoms with Crippen LogP contribution in [0.15, 0.2) is 30.3 Å². The first kappa shape index (κ1) is 16.9. The number of rotatable bonds is 9. The van der Waals surface area contributed by atoms with Crippen molar-refractivity contribution < 1.29 is 14.9 Å². The van der Waals surface area contributed by atoms with Crippen LogP contribution in [0.1, 0.15) is 12.0 Å². The third kappa shape index (κ3) is 6.68. The summed E-state index contributed by atoms with van der Waals surface area (Å²) >= 11 is 3.37. The molecule has 0 aromatic heterocycles. The quantitative estimate of drug-likeness (QED) is 0.686. The van der Waals surface area contributed by atoms with Gasteiger partial charge in [0.2, 0.25) is 0 Å². The van der Waals surface area contributed by atoms with Gasteiger partial charge in [0.15, 0.2) is 0 Å². The van der Waals surface area contributed by atoms with Crippen LogP contribution in [0.3, 0.4) is 0 Å². The topological polar surface area (TPSA) is 49.7 Å². The highest BCUT2D eigenvalue weighted by Gasteiger charge is 2.20. The predicted molar refractivity (Wildman–Crippen MR) is 83.5 cm³/mol. The van der Waals surface area contributed by atoms with Crippen molar-refractivity contribution in [1.82, 2.24) is 0 Å². The van der Waals surface area contributed by atoms with Crippen LogP contribution >= 0.6 is 23.5 Å². The normalized spacial score (nSPS) is 14.6. The molecule has 0 heterocycles. The summed E-state index contributed by atoms with van der Waals surface area (Å²) in [5, 5.41) is 19.7. The third-order valence-electron chi connectivity index (χ3n) is 2.80. The predicted octanol–water partition coefficient (Wildman–Crippen LogP) is 2.37. The van der Waals surface area contributed by atoms with Gasteiger partial charge < -0.3 is 14.9 Å². The molecule has 0 aliphatic rings. The van der Waals surface area contributed by atoms with Gasteiger partial charge in [0.25, 0.3) is 0 Å². The van der Waals surface area contributed by atoms with E-state index in [1.165, 1.54) is 0 Å². The standard InChI is InChI=1S/C14H22O3S2/c1-18-14(19-2)8-12(15)13(16)10-17-9-11-6-4-3-5-7-11/h3-7,12-16H,8-10H2,1-2H3/t12-,13+/m0/s1. The average Bonchev–Trinajstić information content (AvgIpc) is 2.45. The fraction of sp³-hybridized carbons (Fsp3) is 0.571. The van der Waals surface area contributed by atoms with E-state index in [9.17, 15) is 10.2 Å². The summed E-state index contributed by atoms with van der Waals surface area (Å²) in [5.41, 5.74) is 1.07. The van der Waals surface area contributed by atoms with Crippen LogP contribution in [-0.2, 0) is 11.3 Å². The first-order valence-corrected chi connectivity index (χ1v) is 8.78. The maximum Gasteiger partial charge on any atom is 0.103 e. The maximum atomic E-state index is 9.89. The minimum atomic E-state index is -0.828. The zero-order valence-electron chi connectivity index (χ0n) is 11.4. The van der Waals surface area contributed by atoms with Gasteiger partial charge in [-0.3, -0.25) is 0 Å². The summed E-state index contributed by atoms with van der Waals surface area (Å²) in [6.07, 6.45) is 3.02. The largest absolute Gasteiger partial charge is 0.390 e. The van der Waals surface area contributed by atoms with Gasteiger partial charge in [-0.1, -0.05) is 30.3 Å². The number of aliphatic hydroxyl groups is 2. The molecule has 2 atom stereocenters. The fourth-order valence-electron chi connectivity index (χ4n) is 1.63. The van der Waals surface area contributed by atoms with Crippen molar-refractivity contribution in [3.63, 3.8) is 0 Å². The number of thioether (sulfide) groups is 2. The number of hydrogen-bond donors (Lipinski definition) is 2. The van der Waals surface area contributed by atoms with E-state index in [0.717, 1.165) is 5.56 Å². The Balaban J connectivity index is 2.24. The molecule has 0 saturated heterocycles. The Labute approximate surface area is 123 Å². The highest BCUT2D eigenvalue weighted by Crippen LogP contribution is 2.24. The van der Waals surface area contributed by atoms with Gasteiger partial charge in [0, 0.05) is 0 Å². The van der Waals surface area contributed by atoms with Gasteiger partial charge >= 0.3 is 0 Å². The zero-order valence-corrected chi connectivity index (χ0v) is 13.0. The minimum Gasteiger partial charge on any atom is -0.390 e. The van der Waals surface area contributed by atoms with Crippen LogP contribution in [0.5, 0.6) is 0 Å². The van der Waals surface area contributed by atoms with Crippen molar-refractivity contribution in [1.29, 1.82) is 0 Å². The fourth-order valence-corrected chi connectivity index (χ4v) is 3.17. The molecule has 5 heteroatoms. The molecule has 1 aromatic rings. The molecular weight excluding hydrogens is 280 g/mol. The first-order valence-electron chi connectivity index (χ1n) is 6.20. The molecule has 0 radical (unpaired) electrons. The maximum absolute atomic E-state index is 9.89. The van der Waals surface area contributed by atoms with Gasteiger partial charge in [-0.15, -0.1) is 0 Å². The highest BCUT2D eigenvalue weighted by molar-refractivity contribution is 8.16. The molecule has 0 saturated carbocycles. The molecule has 0 amide bonds. The smallest absolute Gasteiger partial charge is 0.103 e. The van der Waals surface area contributed by atoms with Gasteiger partial charge in [-0.25, -0.2) is 0 Å². The Kier molecular flexibility index (Phi) is 8.57. The van der Waals surface area contributed by atoms with Crippen LogP contribution in [0.25, 0.3) is 0 Å². The van der Waals surface area contributed by atoms with Crippen LogP contribution in [0, 0.1) is 0 Å². The Bertz CT molecular complexity index is 331. The summed E-state index contributed by atoms with van der Waals surface area (Å²) < 4.78 is 5.73. The Morgan fingerprint density at radius 1 is 1.05 bits per heavy atom. The number of aliphatic hydroxyl groups excluding tert-OH is 2. The molecule has 0 aliphatic heterocycles. The van der Waals surface area contributed by atoms with Gasteiger partial charge in [0.05, 0.1) is 23.9 Å². The van der Waals surface area contributed by atoms with Crippen molar-refractivity contribution in [2.75, 3.05) is 19.1 Å². The van der Waals surface area contributed by atoms with Gasteiger partial charge in [-0.2, -0.15) is 23.5 Å². The highest BCUT2D eigenvalue weighted by atomic mass is 32.2. The molecule has 0 unspecified atom stereocenters. The van der Waals surface area contributed by atoms with E-state index in [2.05, 4.69) is 0 Å². The molecule has 2 N–H and O–H groups in total. The molecule has 0 aliphatic carbocycles. The second-order valence-electron chi connectivity index (χ2n) is 4.27. The molecule has 3 nitrogen and oxygen atoms in total. The van der Waals surface area contributed by atoms with E-state index in [1.54, 1.807) is 23.5 Å². The zero-order chi connectivity index (χ0) is 14.1. The van der Waals surface area contributed by atoms with Crippen LogP contribution in [0.4, 0.5) is 0 Å². The lowest BCUT2D eigenvalue weighted by Crippen LogP contribution is -2.32. The Morgan fingerprint density at radius 2 is 1.68 bits per heavy atom. The molecule has 1 aromatic carbocycles. The second-order valence-corrected chi connectivity index (χ2v) is 6.65. The third-order valence-corrected chi connectivity index (χ3v) is 5.40. The molecule has 0 bridgehead atoms. The molecule has 108 valence electrons. The molecule has 1 rings (SSSR count). The molecule has 0 spiro atoms. The minimum absolute atomic E-state index is 0.158. The summed E-state index contributed by atoms with van der Waals surface area (Å²) in [6.45, 7) is 0.616. The number of hydrogen-bond acceptors (Lipinski definition) is 5. The van der Waals surface area contributed by atoms with Crippen molar-refractivity contribution in [2.24, 2.45) is 0 Å². The monoisotopic (exact) mass is 302 g/mol. The lowest BCUT2D eigenvalue weighted by atomic mass is 10.1. The summed E-state index contributed by atoms with van der Waals surface area (Å²) in [6, 6.07) is 9.80. The van der Waals surface area contributed by atoms with Crippen molar-refractivity contribution in [2.45, 2.75) is 29.8 Å². The summed E-state index contributed by atoms with van der Waals surface area (Å²) in [7, 11) is 0. The summed E-state index contributed by atoms with van der Waals surface area (Å²) in [5.74, 6) is 0. The Morgan fingerprint density at radius 3 is 2.26 bits per heavy atom. The number of benzene rings is 1. The van der Waals surface area contributed by atoms with Crippen LogP contribution in [0.2, 0.25) is 0 Å². The van der Waals surface area contributed by atoms with E-state index in [4.69, 9.17) is 4.74 Å². The van der Waals surface area contributed by atoms with E-state index in [-0.39, 0.29) is 6.61 Å². The van der Waals surface area contributed by atoms with Crippen LogP contribution in [-0.4, -0.2) is 46.1 Å². The summed E-state index contributed by atoms with van der Waals surface area (Å²) in [4.78, 5) is 0. The van der Waals surface area contributed by atoms with Crippen LogP contribution < -0.4 is 0 Å². The van der Waals surface area contributed by atoms with Gasteiger partial charge in [0.1, 0.15) is 6.10 Å². The van der Waals surface area contributed by atoms with Crippen molar-refractivity contribution >= 4 is 23.5 Å². The van der Waals surface area contributed by atoms with E-state index in [0.29, 0.717) is 17.6 Å². The van der Waals surface area contributed by atoms with E-state index >= 15 is 0 Å². The molecule has 0 fully saturated rings.